The first-order chi connectivity index (χ1) is 8.49. The Morgan fingerprint density at radius 3 is 2.44 bits per heavy atom. The summed E-state index contributed by atoms with van der Waals surface area (Å²) in [5.41, 5.74) is 0.944. The number of benzene rings is 1. The van der Waals surface area contributed by atoms with Gasteiger partial charge in [-0.3, -0.25) is 4.79 Å². The maximum Gasteiger partial charge on any atom is 0.258 e. The van der Waals surface area contributed by atoms with Gasteiger partial charge in [0, 0.05) is 30.7 Å². The minimum absolute atomic E-state index is 0.144. The molecule has 1 saturated heterocycles. The van der Waals surface area contributed by atoms with E-state index in [2.05, 4.69) is 20.8 Å². The Kier molecular flexibility index (Phi) is 4.02. The van der Waals surface area contributed by atoms with Gasteiger partial charge in [-0.05, 0) is 47.6 Å². The van der Waals surface area contributed by atoms with E-state index in [1.165, 1.54) is 6.07 Å². The number of rotatable bonds is 1. The highest BCUT2D eigenvalue weighted by molar-refractivity contribution is 9.10. The second kappa shape index (κ2) is 5.36. The lowest BCUT2D eigenvalue weighted by Gasteiger charge is -2.32. The van der Waals surface area contributed by atoms with Crippen molar-refractivity contribution in [2.75, 3.05) is 33.2 Å². The molecule has 1 aromatic carbocycles. The highest BCUT2D eigenvalue weighted by Gasteiger charge is 2.24. The molecule has 1 heterocycles. The summed E-state index contributed by atoms with van der Waals surface area (Å²) in [5.74, 6) is -0.682. The first kappa shape index (κ1) is 13.5. The monoisotopic (exact) mass is 314 g/mol. The summed E-state index contributed by atoms with van der Waals surface area (Å²) < 4.78 is 14.4. The van der Waals surface area contributed by atoms with Crippen LogP contribution in [0.3, 0.4) is 0 Å². The molecule has 1 aliphatic rings. The molecule has 1 aromatic rings. The van der Waals surface area contributed by atoms with E-state index in [4.69, 9.17) is 0 Å². The molecule has 0 unspecified atom stereocenters. The van der Waals surface area contributed by atoms with Gasteiger partial charge in [0.15, 0.2) is 0 Å². The van der Waals surface area contributed by atoms with Crippen LogP contribution in [0.15, 0.2) is 16.6 Å². The van der Waals surface area contributed by atoms with Crippen LogP contribution in [0.25, 0.3) is 0 Å². The van der Waals surface area contributed by atoms with Gasteiger partial charge < -0.3 is 9.80 Å². The summed E-state index contributed by atoms with van der Waals surface area (Å²) in [6.45, 7) is 4.76. The molecule has 1 fully saturated rings. The van der Waals surface area contributed by atoms with Gasteiger partial charge in [-0.25, -0.2) is 4.39 Å². The first-order valence-electron chi connectivity index (χ1n) is 5.92. The SMILES string of the molecule is Cc1cc(F)c(C(=O)N2CCN(C)CC2)c(Br)c1. The predicted octanol–water partition coefficient (Wildman–Crippen LogP) is 2.28. The van der Waals surface area contributed by atoms with Crippen LogP contribution in [0.1, 0.15) is 15.9 Å². The van der Waals surface area contributed by atoms with Crippen molar-refractivity contribution in [1.82, 2.24) is 9.80 Å². The Bertz CT molecular complexity index is 447. The number of piperazine rings is 1. The zero-order valence-corrected chi connectivity index (χ0v) is 12.1. The largest absolute Gasteiger partial charge is 0.336 e. The van der Waals surface area contributed by atoms with Crippen LogP contribution in [0.4, 0.5) is 4.39 Å². The van der Waals surface area contributed by atoms with E-state index >= 15 is 0 Å². The molecular formula is C13H16BrFN2O. The van der Waals surface area contributed by atoms with Crippen LogP contribution in [0.5, 0.6) is 0 Å². The molecular weight excluding hydrogens is 299 g/mol. The van der Waals surface area contributed by atoms with Crippen molar-refractivity contribution in [3.8, 4) is 0 Å². The fourth-order valence-corrected chi connectivity index (χ4v) is 2.79. The van der Waals surface area contributed by atoms with Crippen molar-refractivity contribution in [2.45, 2.75) is 6.92 Å². The van der Waals surface area contributed by atoms with E-state index in [-0.39, 0.29) is 11.5 Å². The average Bonchev–Trinajstić information content (AvgIpc) is 2.28. The van der Waals surface area contributed by atoms with Gasteiger partial charge in [-0.1, -0.05) is 0 Å². The Labute approximate surface area is 115 Å². The van der Waals surface area contributed by atoms with Gasteiger partial charge in [0.1, 0.15) is 5.82 Å². The zero-order chi connectivity index (χ0) is 13.3. The van der Waals surface area contributed by atoms with Crippen molar-refractivity contribution in [2.24, 2.45) is 0 Å². The van der Waals surface area contributed by atoms with E-state index < -0.39 is 5.82 Å². The number of amides is 1. The van der Waals surface area contributed by atoms with Crippen molar-refractivity contribution in [3.63, 3.8) is 0 Å². The number of nitrogens with zero attached hydrogens (tertiary/aromatic N) is 2. The molecule has 0 spiro atoms. The highest BCUT2D eigenvalue weighted by Crippen LogP contribution is 2.24. The molecule has 1 amide bonds. The lowest BCUT2D eigenvalue weighted by Crippen LogP contribution is -2.47. The first-order valence-corrected chi connectivity index (χ1v) is 6.72. The van der Waals surface area contributed by atoms with Crippen LogP contribution < -0.4 is 0 Å². The second-order valence-corrected chi connectivity index (χ2v) is 5.55. The molecule has 0 aromatic heterocycles. The van der Waals surface area contributed by atoms with Crippen molar-refractivity contribution in [1.29, 1.82) is 0 Å². The number of hydrogen-bond acceptors (Lipinski definition) is 2. The molecule has 98 valence electrons. The van der Waals surface area contributed by atoms with Crippen molar-refractivity contribution >= 4 is 21.8 Å². The van der Waals surface area contributed by atoms with Crippen LogP contribution in [-0.4, -0.2) is 48.9 Å². The molecule has 0 radical (unpaired) electrons. The predicted molar refractivity (Wildman–Crippen MR) is 72.2 cm³/mol. The molecule has 0 bridgehead atoms. The fourth-order valence-electron chi connectivity index (χ4n) is 2.07. The van der Waals surface area contributed by atoms with E-state index in [0.717, 1.165) is 18.7 Å². The zero-order valence-electron chi connectivity index (χ0n) is 10.5. The Morgan fingerprint density at radius 2 is 1.89 bits per heavy atom. The normalized spacial score (nSPS) is 17.0. The van der Waals surface area contributed by atoms with Gasteiger partial charge >= 0.3 is 0 Å². The average molecular weight is 315 g/mol. The summed E-state index contributed by atoms with van der Waals surface area (Å²) in [5, 5.41) is 0. The van der Waals surface area contributed by atoms with Crippen molar-refractivity contribution < 1.29 is 9.18 Å². The number of halogens is 2. The molecule has 0 N–H and O–H groups in total. The lowest BCUT2D eigenvalue weighted by molar-refractivity contribution is 0.0658. The van der Waals surface area contributed by atoms with E-state index in [1.54, 1.807) is 17.9 Å². The van der Waals surface area contributed by atoms with Gasteiger partial charge in [-0.2, -0.15) is 0 Å². The number of carbonyl (C=O) groups is 1. The summed E-state index contributed by atoms with van der Waals surface area (Å²) >= 11 is 3.28. The van der Waals surface area contributed by atoms with Gasteiger partial charge in [-0.15, -0.1) is 0 Å². The Hall–Kier alpha value is -0.940. The Morgan fingerprint density at radius 1 is 1.28 bits per heavy atom. The smallest absolute Gasteiger partial charge is 0.258 e. The summed E-state index contributed by atoms with van der Waals surface area (Å²) in [7, 11) is 2.02. The van der Waals surface area contributed by atoms with Gasteiger partial charge in [0.2, 0.25) is 0 Å². The molecule has 1 aliphatic heterocycles. The second-order valence-electron chi connectivity index (χ2n) is 4.70. The van der Waals surface area contributed by atoms with Crippen LogP contribution in [0.2, 0.25) is 0 Å². The quantitative estimate of drug-likeness (QED) is 0.794. The molecule has 0 aliphatic carbocycles. The topological polar surface area (TPSA) is 23.6 Å². The Balaban J connectivity index is 2.24. The fraction of sp³-hybridized carbons (Fsp3) is 0.462. The van der Waals surface area contributed by atoms with Crippen LogP contribution >= 0.6 is 15.9 Å². The molecule has 0 saturated carbocycles. The third-order valence-corrected chi connectivity index (χ3v) is 3.82. The molecule has 18 heavy (non-hydrogen) atoms. The van der Waals surface area contributed by atoms with E-state index in [0.29, 0.717) is 17.6 Å². The summed E-state index contributed by atoms with van der Waals surface area (Å²) in [6, 6.07) is 3.17. The van der Waals surface area contributed by atoms with Gasteiger partial charge in [0.05, 0.1) is 5.56 Å². The lowest BCUT2D eigenvalue weighted by atomic mass is 10.1. The number of likely N-dealkylation sites (N-methyl/N-ethyl adjacent to an activating group) is 1. The third-order valence-electron chi connectivity index (χ3n) is 3.19. The number of carbonyl (C=O) groups excluding carboxylic acids is 1. The minimum Gasteiger partial charge on any atom is -0.336 e. The van der Waals surface area contributed by atoms with Crippen LogP contribution in [0, 0.1) is 12.7 Å². The third kappa shape index (κ3) is 2.72. The molecule has 3 nitrogen and oxygen atoms in total. The van der Waals surface area contributed by atoms with Crippen LogP contribution in [-0.2, 0) is 0 Å². The molecule has 2 rings (SSSR count). The maximum absolute atomic E-state index is 13.9. The summed E-state index contributed by atoms with van der Waals surface area (Å²) in [4.78, 5) is 16.2. The minimum atomic E-state index is -0.453. The van der Waals surface area contributed by atoms with E-state index in [1.807, 2.05) is 7.05 Å². The molecule has 0 atom stereocenters. The van der Waals surface area contributed by atoms with E-state index in [9.17, 15) is 9.18 Å². The highest BCUT2D eigenvalue weighted by atomic mass is 79.9. The van der Waals surface area contributed by atoms with Crippen molar-refractivity contribution in [3.05, 3.63) is 33.5 Å². The van der Waals surface area contributed by atoms with Gasteiger partial charge in [0.25, 0.3) is 5.91 Å². The number of hydrogen-bond donors (Lipinski definition) is 0. The maximum atomic E-state index is 13.9. The summed E-state index contributed by atoms with van der Waals surface area (Å²) in [6.07, 6.45) is 0. The standard InChI is InChI=1S/C13H16BrFN2O/c1-9-7-10(14)12(11(15)8-9)13(18)17-5-3-16(2)4-6-17/h7-8H,3-6H2,1-2H3. The molecule has 5 heteroatoms. The number of aryl methyl sites for hydroxylation is 1.